The fourth-order valence-electron chi connectivity index (χ4n) is 3.38. The second-order valence-electron chi connectivity index (χ2n) is 7.63. The molecule has 1 aliphatic carbocycles. The van der Waals surface area contributed by atoms with Gasteiger partial charge in [0, 0.05) is 25.6 Å². The fourth-order valence-corrected chi connectivity index (χ4v) is 3.38. The third-order valence-electron chi connectivity index (χ3n) is 5.14. The van der Waals surface area contributed by atoms with Crippen LogP contribution in [0.2, 0.25) is 0 Å². The van der Waals surface area contributed by atoms with Crippen molar-refractivity contribution in [2.24, 2.45) is 17.6 Å². The first-order chi connectivity index (χ1) is 12.5. The van der Waals surface area contributed by atoms with Gasteiger partial charge in [0.15, 0.2) is 0 Å². The monoisotopic (exact) mass is 398 g/mol. The van der Waals surface area contributed by atoms with Crippen molar-refractivity contribution in [2.75, 3.05) is 20.3 Å². The lowest BCUT2D eigenvalue weighted by Crippen LogP contribution is -2.45. The molecule has 0 aromatic heterocycles. The zero-order valence-electron chi connectivity index (χ0n) is 16.8. The van der Waals surface area contributed by atoms with E-state index in [1.807, 2.05) is 18.2 Å². The molecule has 1 fully saturated rings. The fraction of sp³-hybridized carbons (Fsp3) is 0.667. The summed E-state index contributed by atoms with van der Waals surface area (Å²) in [5.41, 5.74) is 7.17. The Hall–Kier alpha value is -1.30. The molecular formula is C21H35ClN2O3. The minimum Gasteiger partial charge on any atom is -0.493 e. The van der Waals surface area contributed by atoms with Crippen LogP contribution < -0.4 is 15.8 Å². The van der Waals surface area contributed by atoms with Gasteiger partial charge >= 0.3 is 0 Å². The predicted octanol–water partition coefficient (Wildman–Crippen LogP) is 3.33. The number of nitrogens with two attached hydrogens (primary N) is 1. The Kier molecular flexibility index (Phi) is 10.7. The third kappa shape index (κ3) is 7.68. The van der Waals surface area contributed by atoms with Crippen LogP contribution in [0.5, 0.6) is 5.75 Å². The molecular weight excluding hydrogens is 364 g/mol. The summed E-state index contributed by atoms with van der Waals surface area (Å²) in [7, 11) is 1.67. The van der Waals surface area contributed by atoms with Crippen LogP contribution in [-0.2, 0) is 16.0 Å². The number of halogens is 1. The number of benzene rings is 1. The van der Waals surface area contributed by atoms with Gasteiger partial charge in [-0.3, -0.25) is 4.79 Å². The Bertz CT molecular complexity index is 568. The van der Waals surface area contributed by atoms with Crippen LogP contribution in [0.1, 0.15) is 45.1 Å². The van der Waals surface area contributed by atoms with E-state index in [0.717, 1.165) is 43.6 Å². The van der Waals surface area contributed by atoms with Crippen LogP contribution in [0.15, 0.2) is 24.3 Å². The molecule has 0 aliphatic heterocycles. The number of carbonyl (C=O) groups is 1. The van der Waals surface area contributed by atoms with Crippen molar-refractivity contribution in [1.29, 1.82) is 0 Å². The van der Waals surface area contributed by atoms with Crippen molar-refractivity contribution in [2.45, 2.75) is 58.1 Å². The molecule has 0 bridgehead atoms. The van der Waals surface area contributed by atoms with Gasteiger partial charge in [0.05, 0.1) is 12.7 Å². The number of rotatable bonds is 9. The van der Waals surface area contributed by atoms with E-state index >= 15 is 0 Å². The summed E-state index contributed by atoms with van der Waals surface area (Å²) in [6.07, 6.45) is 4.16. The number of carbonyl (C=O) groups excluding carboxylic acids is 1. The molecule has 3 atom stereocenters. The summed E-state index contributed by atoms with van der Waals surface area (Å²) in [6.45, 7) is 5.72. The molecule has 2 rings (SSSR count). The lowest BCUT2D eigenvalue weighted by atomic mass is 9.83. The van der Waals surface area contributed by atoms with Gasteiger partial charge in [0.1, 0.15) is 5.75 Å². The quantitative estimate of drug-likeness (QED) is 0.669. The molecule has 1 amide bonds. The predicted molar refractivity (Wildman–Crippen MR) is 111 cm³/mol. The summed E-state index contributed by atoms with van der Waals surface area (Å²) >= 11 is 0. The van der Waals surface area contributed by atoms with Gasteiger partial charge < -0.3 is 20.5 Å². The topological polar surface area (TPSA) is 73.6 Å². The van der Waals surface area contributed by atoms with E-state index < -0.39 is 0 Å². The first-order valence-corrected chi connectivity index (χ1v) is 9.78. The molecule has 0 unspecified atom stereocenters. The first-order valence-electron chi connectivity index (χ1n) is 9.78. The molecule has 1 aromatic carbocycles. The zero-order valence-corrected chi connectivity index (χ0v) is 17.6. The first kappa shape index (κ1) is 23.7. The van der Waals surface area contributed by atoms with E-state index in [0.29, 0.717) is 18.9 Å². The van der Waals surface area contributed by atoms with E-state index in [-0.39, 0.29) is 36.4 Å². The standard InChI is InChI=1S/C21H34N2O3.ClH/c1-15(2)11-13-26-19-7-5-4-6-16(19)10-12-23-21(24)17-8-9-18(22)20(14-17)25-3;/h4-7,15,17-18,20H,8-14,22H2,1-3H3,(H,23,24);1H/t17-,18-,20-;/m0./s1. The molecule has 27 heavy (non-hydrogen) atoms. The molecule has 1 saturated carbocycles. The number of ether oxygens (including phenoxy) is 2. The average molecular weight is 399 g/mol. The minimum atomic E-state index is -0.0189. The maximum atomic E-state index is 12.4. The highest BCUT2D eigenvalue weighted by atomic mass is 35.5. The van der Waals surface area contributed by atoms with Crippen LogP contribution in [0.4, 0.5) is 0 Å². The lowest BCUT2D eigenvalue weighted by Gasteiger charge is -2.32. The highest BCUT2D eigenvalue weighted by Gasteiger charge is 2.31. The molecule has 0 radical (unpaired) electrons. The average Bonchev–Trinajstić information content (AvgIpc) is 2.63. The number of methoxy groups -OCH3 is 1. The summed E-state index contributed by atoms with van der Waals surface area (Å²) < 4.78 is 11.3. The third-order valence-corrected chi connectivity index (χ3v) is 5.14. The van der Waals surface area contributed by atoms with Gasteiger partial charge in [0.2, 0.25) is 5.91 Å². The van der Waals surface area contributed by atoms with Crippen LogP contribution in [0, 0.1) is 11.8 Å². The molecule has 1 aromatic rings. The largest absolute Gasteiger partial charge is 0.493 e. The van der Waals surface area contributed by atoms with Crippen molar-refractivity contribution in [3.63, 3.8) is 0 Å². The number of hydrogen-bond donors (Lipinski definition) is 2. The van der Waals surface area contributed by atoms with Gasteiger partial charge in [0.25, 0.3) is 0 Å². The molecule has 154 valence electrons. The number of nitrogens with one attached hydrogen (secondary N) is 1. The SMILES string of the molecule is CO[C@H]1C[C@@H](C(=O)NCCc2ccccc2OCCC(C)C)CC[C@@H]1N.Cl. The Labute approximate surface area is 169 Å². The van der Waals surface area contributed by atoms with Crippen LogP contribution in [-0.4, -0.2) is 38.3 Å². The van der Waals surface area contributed by atoms with Crippen molar-refractivity contribution < 1.29 is 14.3 Å². The molecule has 0 spiro atoms. The molecule has 1 aliphatic rings. The van der Waals surface area contributed by atoms with E-state index in [1.165, 1.54) is 0 Å². The summed E-state index contributed by atoms with van der Waals surface area (Å²) in [6, 6.07) is 8.11. The smallest absolute Gasteiger partial charge is 0.223 e. The van der Waals surface area contributed by atoms with Crippen LogP contribution in [0.3, 0.4) is 0 Å². The van der Waals surface area contributed by atoms with Gasteiger partial charge in [-0.25, -0.2) is 0 Å². The number of para-hydroxylation sites is 1. The summed E-state index contributed by atoms with van der Waals surface area (Å²) in [4.78, 5) is 12.4. The zero-order chi connectivity index (χ0) is 18.9. The van der Waals surface area contributed by atoms with Crippen LogP contribution >= 0.6 is 12.4 Å². The number of hydrogen-bond acceptors (Lipinski definition) is 4. The van der Waals surface area contributed by atoms with Crippen molar-refractivity contribution in [3.05, 3.63) is 29.8 Å². The van der Waals surface area contributed by atoms with E-state index in [1.54, 1.807) is 7.11 Å². The summed E-state index contributed by atoms with van der Waals surface area (Å²) in [5, 5.41) is 3.07. The summed E-state index contributed by atoms with van der Waals surface area (Å²) in [5.74, 6) is 1.65. The Morgan fingerprint density at radius 1 is 1.30 bits per heavy atom. The van der Waals surface area contributed by atoms with Crippen molar-refractivity contribution in [1.82, 2.24) is 5.32 Å². The highest BCUT2D eigenvalue weighted by molar-refractivity contribution is 5.85. The molecule has 6 heteroatoms. The minimum absolute atomic E-state index is 0. The molecule has 3 N–H and O–H groups in total. The van der Waals surface area contributed by atoms with Crippen molar-refractivity contribution >= 4 is 18.3 Å². The van der Waals surface area contributed by atoms with Crippen LogP contribution in [0.25, 0.3) is 0 Å². The van der Waals surface area contributed by atoms with E-state index in [9.17, 15) is 4.79 Å². The van der Waals surface area contributed by atoms with Gasteiger partial charge in [-0.05, 0) is 49.7 Å². The lowest BCUT2D eigenvalue weighted by molar-refractivity contribution is -0.127. The number of amides is 1. The van der Waals surface area contributed by atoms with Gasteiger partial charge in [-0.15, -0.1) is 12.4 Å². The molecule has 5 nitrogen and oxygen atoms in total. The maximum Gasteiger partial charge on any atom is 0.223 e. The second-order valence-corrected chi connectivity index (χ2v) is 7.63. The Morgan fingerprint density at radius 2 is 2.04 bits per heavy atom. The highest BCUT2D eigenvalue weighted by Crippen LogP contribution is 2.25. The van der Waals surface area contributed by atoms with E-state index in [4.69, 9.17) is 15.2 Å². The second kappa shape index (κ2) is 12.2. The molecule has 0 heterocycles. The van der Waals surface area contributed by atoms with Gasteiger partial charge in [-0.2, -0.15) is 0 Å². The normalized spacial score (nSPS) is 22.2. The molecule has 0 saturated heterocycles. The van der Waals surface area contributed by atoms with Gasteiger partial charge in [-0.1, -0.05) is 32.0 Å². The Balaban J connectivity index is 0.00000364. The maximum absolute atomic E-state index is 12.4. The van der Waals surface area contributed by atoms with Crippen molar-refractivity contribution in [3.8, 4) is 5.75 Å². The van der Waals surface area contributed by atoms with E-state index in [2.05, 4.69) is 25.2 Å². The Morgan fingerprint density at radius 3 is 2.74 bits per heavy atom.